The molecule has 2 heterocycles. The first-order chi connectivity index (χ1) is 15.3. The van der Waals surface area contributed by atoms with E-state index in [4.69, 9.17) is 0 Å². The number of sulfonamides is 1. The highest BCUT2D eigenvalue weighted by molar-refractivity contribution is 7.89. The van der Waals surface area contributed by atoms with Crippen molar-refractivity contribution in [3.63, 3.8) is 0 Å². The van der Waals surface area contributed by atoms with Crippen molar-refractivity contribution in [2.24, 2.45) is 5.92 Å². The molecule has 9 heteroatoms. The first-order valence-electron chi connectivity index (χ1n) is 10.7. The molecule has 0 aromatic heterocycles. The fourth-order valence-electron chi connectivity index (χ4n) is 4.38. The predicted molar refractivity (Wildman–Crippen MR) is 119 cm³/mol. The van der Waals surface area contributed by atoms with Crippen molar-refractivity contribution >= 4 is 33.2 Å². The van der Waals surface area contributed by atoms with Crippen LogP contribution < -0.4 is 10.2 Å². The van der Waals surface area contributed by atoms with Gasteiger partial charge in [-0.2, -0.15) is 4.31 Å². The van der Waals surface area contributed by atoms with Gasteiger partial charge in [0.15, 0.2) is 0 Å². The first-order valence-corrected chi connectivity index (χ1v) is 12.2. The molecule has 4 rings (SSSR count). The van der Waals surface area contributed by atoms with Gasteiger partial charge in [-0.05, 0) is 67.6 Å². The van der Waals surface area contributed by atoms with Crippen LogP contribution in [0.4, 0.5) is 15.8 Å². The SMILES string of the molecule is CC(=O)N1CCCc2cc(S(=O)(=O)N3CCC(C(=O)Nc4cccc(F)c4)CC3)ccc21. The molecule has 1 N–H and O–H groups in total. The fourth-order valence-corrected chi connectivity index (χ4v) is 5.90. The van der Waals surface area contributed by atoms with Crippen LogP contribution >= 0.6 is 0 Å². The molecule has 2 aliphatic rings. The molecule has 0 radical (unpaired) electrons. The van der Waals surface area contributed by atoms with E-state index in [1.165, 1.54) is 29.4 Å². The van der Waals surface area contributed by atoms with Gasteiger partial charge < -0.3 is 10.2 Å². The minimum Gasteiger partial charge on any atom is -0.326 e. The number of nitrogens with zero attached hydrogens (tertiary/aromatic N) is 2. The molecule has 1 fully saturated rings. The third-order valence-corrected chi connectivity index (χ3v) is 8.00. The van der Waals surface area contributed by atoms with Crippen LogP contribution in [0.2, 0.25) is 0 Å². The van der Waals surface area contributed by atoms with Crippen molar-refractivity contribution in [1.82, 2.24) is 4.31 Å². The average molecular weight is 460 g/mol. The van der Waals surface area contributed by atoms with Crippen molar-refractivity contribution in [1.29, 1.82) is 0 Å². The second-order valence-electron chi connectivity index (χ2n) is 8.24. The van der Waals surface area contributed by atoms with Gasteiger partial charge in [0.25, 0.3) is 0 Å². The first kappa shape index (κ1) is 22.4. The van der Waals surface area contributed by atoms with Crippen molar-refractivity contribution in [2.45, 2.75) is 37.5 Å². The predicted octanol–water partition coefficient (Wildman–Crippen LogP) is 3.16. The third kappa shape index (κ3) is 4.54. The number of hydrogen-bond donors (Lipinski definition) is 1. The molecule has 0 bridgehead atoms. The van der Waals surface area contributed by atoms with E-state index in [9.17, 15) is 22.4 Å². The Morgan fingerprint density at radius 1 is 1.06 bits per heavy atom. The Morgan fingerprint density at radius 3 is 2.50 bits per heavy atom. The molecule has 2 aliphatic heterocycles. The van der Waals surface area contributed by atoms with Crippen LogP contribution in [-0.2, 0) is 26.0 Å². The lowest BCUT2D eigenvalue weighted by molar-refractivity contribution is -0.121. The number of nitrogens with one attached hydrogen (secondary N) is 1. The number of hydrogen-bond acceptors (Lipinski definition) is 4. The lowest BCUT2D eigenvalue weighted by Gasteiger charge is -2.32. The van der Waals surface area contributed by atoms with Crippen LogP contribution in [0.1, 0.15) is 31.7 Å². The summed E-state index contributed by atoms with van der Waals surface area (Å²) in [7, 11) is -3.70. The number of benzene rings is 2. The highest BCUT2D eigenvalue weighted by atomic mass is 32.2. The molecule has 2 aromatic rings. The van der Waals surface area contributed by atoms with Crippen LogP contribution in [0.5, 0.6) is 0 Å². The van der Waals surface area contributed by atoms with Crippen LogP contribution in [0.3, 0.4) is 0 Å². The molecule has 0 unspecified atom stereocenters. The summed E-state index contributed by atoms with van der Waals surface area (Å²) >= 11 is 0. The largest absolute Gasteiger partial charge is 0.326 e. The molecule has 170 valence electrons. The monoisotopic (exact) mass is 459 g/mol. The molecule has 32 heavy (non-hydrogen) atoms. The van der Waals surface area contributed by atoms with Gasteiger partial charge in [-0.3, -0.25) is 9.59 Å². The lowest BCUT2D eigenvalue weighted by Crippen LogP contribution is -2.41. The van der Waals surface area contributed by atoms with E-state index in [0.29, 0.717) is 25.1 Å². The van der Waals surface area contributed by atoms with Gasteiger partial charge in [0.2, 0.25) is 21.8 Å². The van der Waals surface area contributed by atoms with Crippen molar-refractivity contribution in [3.8, 4) is 0 Å². The van der Waals surface area contributed by atoms with Crippen LogP contribution in [-0.4, -0.2) is 44.2 Å². The minimum absolute atomic E-state index is 0.0554. The molecule has 2 aromatic carbocycles. The van der Waals surface area contributed by atoms with Crippen molar-refractivity contribution < 1.29 is 22.4 Å². The Hall–Kier alpha value is -2.78. The third-order valence-electron chi connectivity index (χ3n) is 6.10. The fraction of sp³-hybridized carbons (Fsp3) is 0.391. The van der Waals surface area contributed by atoms with Gasteiger partial charge in [0.1, 0.15) is 5.82 Å². The zero-order valence-electron chi connectivity index (χ0n) is 17.9. The Balaban J connectivity index is 1.43. The van der Waals surface area contributed by atoms with Gasteiger partial charge in [-0.1, -0.05) is 6.07 Å². The molecule has 0 spiro atoms. The van der Waals surface area contributed by atoms with Crippen molar-refractivity contribution in [2.75, 3.05) is 29.9 Å². The second-order valence-corrected chi connectivity index (χ2v) is 10.2. The maximum Gasteiger partial charge on any atom is 0.243 e. The van der Waals surface area contributed by atoms with E-state index in [-0.39, 0.29) is 35.7 Å². The molecule has 0 aliphatic carbocycles. The van der Waals surface area contributed by atoms with Crippen LogP contribution in [0, 0.1) is 11.7 Å². The number of rotatable bonds is 4. The highest BCUT2D eigenvalue weighted by Crippen LogP contribution is 2.32. The highest BCUT2D eigenvalue weighted by Gasteiger charge is 2.33. The van der Waals surface area contributed by atoms with Gasteiger partial charge in [-0.25, -0.2) is 12.8 Å². The maximum atomic E-state index is 13.3. The smallest absolute Gasteiger partial charge is 0.243 e. The van der Waals surface area contributed by atoms with E-state index in [2.05, 4.69) is 5.32 Å². The summed E-state index contributed by atoms with van der Waals surface area (Å²) in [5.41, 5.74) is 2.02. The molecule has 0 saturated carbocycles. The van der Waals surface area contributed by atoms with Gasteiger partial charge in [0.05, 0.1) is 4.90 Å². The van der Waals surface area contributed by atoms with Crippen LogP contribution in [0.15, 0.2) is 47.4 Å². The molecule has 1 saturated heterocycles. The van der Waals surface area contributed by atoms with E-state index < -0.39 is 15.8 Å². The number of carbonyl (C=O) groups is 2. The summed E-state index contributed by atoms with van der Waals surface area (Å²) < 4.78 is 41.1. The van der Waals surface area contributed by atoms with Crippen LogP contribution in [0.25, 0.3) is 0 Å². The standard InChI is InChI=1S/C23H26FN3O4S/c1-16(28)27-11-3-4-18-14-21(7-8-22(18)27)32(30,31)26-12-9-17(10-13-26)23(29)25-20-6-2-5-19(24)15-20/h2,5-8,14-15,17H,3-4,9-13H2,1H3,(H,25,29). The average Bonchev–Trinajstić information content (AvgIpc) is 2.78. The molecule has 7 nitrogen and oxygen atoms in total. The Labute approximate surface area is 187 Å². The number of halogens is 1. The summed E-state index contributed by atoms with van der Waals surface area (Å²) in [6, 6.07) is 10.6. The zero-order valence-corrected chi connectivity index (χ0v) is 18.7. The number of carbonyl (C=O) groups excluding carboxylic acids is 2. The topological polar surface area (TPSA) is 86.8 Å². The normalized spacial score (nSPS) is 17.6. The summed E-state index contributed by atoms with van der Waals surface area (Å²) in [6.07, 6.45) is 2.31. The molecular formula is C23H26FN3O4S. The quantitative estimate of drug-likeness (QED) is 0.761. The number of anilines is 2. The number of fused-ring (bicyclic) bond motifs is 1. The Kier molecular flexibility index (Phi) is 6.30. The van der Waals surface area contributed by atoms with Gasteiger partial charge in [-0.15, -0.1) is 0 Å². The lowest BCUT2D eigenvalue weighted by atomic mass is 9.97. The second kappa shape index (κ2) is 8.99. The van der Waals surface area contributed by atoms with Gasteiger partial charge >= 0.3 is 0 Å². The zero-order chi connectivity index (χ0) is 22.9. The van der Waals surface area contributed by atoms with Gasteiger partial charge in [0, 0.05) is 43.9 Å². The number of aryl methyl sites for hydroxylation is 1. The van der Waals surface area contributed by atoms with E-state index in [1.807, 2.05) is 0 Å². The summed E-state index contributed by atoms with van der Waals surface area (Å²) in [5.74, 6) is -1.05. The maximum absolute atomic E-state index is 13.3. The van der Waals surface area contributed by atoms with Crippen molar-refractivity contribution in [3.05, 3.63) is 53.8 Å². The van der Waals surface area contributed by atoms with E-state index >= 15 is 0 Å². The summed E-state index contributed by atoms with van der Waals surface area (Å²) in [4.78, 5) is 26.3. The molecule has 2 amide bonds. The Bertz CT molecular complexity index is 1140. The Morgan fingerprint density at radius 2 is 1.81 bits per heavy atom. The molecule has 0 atom stereocenters. The molecular weight excluding hydrogens is 433 g/mol. The van der Waals surface area contributed by atoms with E-state index in [0.717, 1.165) is 24.1 Å². The summed E-state index contributed by atoms with van der Waals surface area (Å²) in [5, 5.41) is 2.71. The number of piperidine rings is 1. The number of amides is 2. The van der Waals surface area contributed by atoms with E-state index in [1.54, 1.807) is 29.2 Å². The summed E-state index contributed by atoms with van der Waals surface area (Å²) in [6.45, 7) is 2.62. The minimum atomic E-state index is -3.70.